The second-order valence-corrected chi connectivity index (χ2v) is 5.42. The summed E-state index contributed by atoms with van der Waals surface area (Å²) in [6.07, 6.45) is -8.97. The standard InChI is InChI=1S/C12H14F8O4/c13-9(14,1-2-21-3-7-4-22-7)10(15,16)11(17,18)12(19,20)24-6-8-5-23-8/h7-8H,1-6H2. The van der Waals surface area contributed by atoms with Gasteiger partial charge >= 0.3 is 23.9 Å². The number of rotatable bonds is 11. The van der Waals surface area contributed by atoms with Crippen LogP contribution in [0.25, 0.3) is 0 Å². The summed E-state index contributed by atoms with van der Waals surface area (Å²) in [5.74, 6) is -18.2. The molecule has 0 aromatic carbocycles. The van der Waals surface area contributed by atoms with Crippen molar-refractivity contribution in [1.29, 1.82) is 0 Å². The van der Waals surface area contributed by atoms with E-state index in [9.17, 15) is 35.1 Å². The molecule has 0 spiro atoms. The lowest BCUT2D eigenvalue weighted by atomic mass is 10.0. The summed E-state index contributed by atoms with van der Waals surface area (Å²) in [6.45, 7) is -2.09. The van der Waals surface area contributed by atoms with E-state index in [1.807, 2.05) is 0 Å². The molecule has 2 saturated heterocycles. The summed E-state index contributed by atoms with van der Waals surface area (Å²) in [7, 11) is 0. The molecule has 2 heterocycles. The minimum atomic E-state index is -6.43. The van der Waals surface area contributed by atoms with Crippen LogP contribution in [-0.2, 0) is 18.9 Å². The molecule has 0 bridgehead atoms. The number of halogens is 8. The Morgan fingerprint density at radius 1 is 0.792 bits per heavy atom. The fourth-order valence-electron chi connectivity index (χ4n) is 1.60. The van der Waals surface area contributed by atoms with Crippen molar-refractivity contribution in [2.75, 3.05) is 33.0 Å². The molecule has 0 aromatic rings. The van der Waals surface area contributed by atoms with Gasteiger partial charge in [0.15, 0.2) is 0 Å². The molecule has 0 N–H and O–H groups in total. The van der Waals surface area contributed by atoms with Crippen LogP contribution < -0.4 is 0 Å². The van der Waals surface area contributed by atoms with Gasteiger partial charge in [0, 0.05) is 6.42 Å². The minimum Gasteiger partial charge on any atom is -0.378 e. The summed E-state index contributed by atoms with van der Waals surface area (Å²) in [6, 6.07) is 0. The third-order valence-electron chi connectivity index (χ3n) is 3.34. The van der Waals surface area contributed by atoms with Gasteiger partial charge in [0.2, 0.25) is 0 Å². The highest BCUT2D eigenvalue weighted by atomic mass is 19.4. The van der Waals surface area contributed by atoms with E-state index in [1.54, 1.807) is 0 Å². The van der Waals surface area contributed by atoms with E-state index in [1.165, 1.54) is 0 Å². The number of hydrogen-bond donors (Lipinski definition) is 0. The molecule has 142 valence electrons. The molecule has 0 saturated carbocycles. The van der Waals surface area contributed by atoms with Gasteiger partial charge in [0.05, 0.1) is 33.0 Å². The molecular formula is C12H14F8O4. The van der Waals surface area contributed by atoms with Gasteiger partial charge in [-0.2, -0.15) is 35.1 Å². The number of hydrogen-bond acceptors (Lipinski definition) is 4. The zero-order chi connectivity index (χ0) is 18.2. The van der Waals surface area contributed by atoms with Crippen molar-refractivity contribution in [3.05, 3.63) is 0 Å². The average molecular weight is 374 g/mol. The topological polar surface area (TPSA) is 43.5 Å². The lowest BCUT2D eigenvalue weighted by molar-refractivity contribution is -0.428. The largest absolute Gasteiger partial charge is 0.426 e. The zero-order valence-corrected chi connectivity index (χ0v) is 12.1. The summed E-state index contributed by atoms with van der Waals surface area (Å²) in [5, 5.41) is 0. The highest BCUT2D eigenvalue weighted by molar-refractivity contribution is 5.00. The van der Waals surface area contributed by atoms with Gasteiger partial charge < -0.3 is 18.9 Å². The molecule has 12 heteroatoms. The Hall–Kier alpha value is -0.720. The summed E-state index contributed by atoms with van der Waals surface area (Å²) in [4.78, 5) is 0. The van der Waals surface area contributed by atoms with Gasteiger partial charge in [-0.3, -0.25) is 0 Å². The fraction of sp³-hybridized carbons (Fsp3) is 1.00. The maximum Gasteiger partial charge on any atom is 0.426 e. The van der Waals surface area contributed by atoms with E-state index in [0.717, 1.165) is 0 Å². The Kier molecular flexibility index (Phi) is 5.34. The SMILES string of the molecule is FC(F)(CCOCC1CO1)C(F)(F)C(F)(F)C(F)(F)OCC1CO1. The molecule has 24 heavy (non-hydrogen) atoms. The van der Waals surface area contributed by atoms with Crippen LogP contribution in [0.1, 0.15) is 6.42 Å². The van der Waals surface area contributed by atoms with Crippen LogP contribution in [0.3, 0.4) is 0 Å². The van der Waals surface area contributed by atoms with Crippen LogP contribution in [0, 0.1) is 0 Å². The predicted octanol–water partition coefficient (Wildman–Crippen LogP) is 2.71. The van der Waals surface area contributed by atoms with Crippen LogP contribution in [-0.4, -0.2) is 69.1 Å². The minimum absolute atomic E-state index is 0.0732. The monoisotopic (exact) mass is 374 g/mol. The molecular weight excluding hydrogens is 360 g/mol. The molecule has 2 atom stereocenters. The van der Waals surface area contributed by atoms with Crippen LogP contribution in [0.2, 0.25) is 0 Å². The molecule has 2 aliphatic heterocycles. The number of ether oxygens (including phenoxy) is 4. The van der Waals surface area contributed by atoms with Crippen LogP contribution in [0.5, 0.6) is 0 Å². The molecule has 2 unspecified atom stereocenters. The number of epoxide rings is 2. The van der Waals surface area contributed by atoms with Crippen molar-refractivity contribution in [3.63, 3.8) is 0 Å². The van der Waals surface area contributed by atoms with Gasteiger partial charge in [-0.15, -0.1) is 0 Å². The smallest absolute Gasteiger partial charge is 0.378 e. The maximum absolute atomic E-state index is 13.4. The van der Waals surface area contributed by atoms with Crippen LogP contribution in [0.4, 0.5) is 35.1 Å². The Labute approximate surface area is 131 Å². The van der Waals surface area contributed by atoms with Gasteiger partial charge in [-0.05, 0) is 0 Å². The summed E-state index contributed by atoms with van der Waals surface area (Å²) >= 11 is 0. The van der Waals surface area contributed by atoms with E-state index in [-0.39, 0.29) is 19.3 Å². The van der Waals surface area contributed by atoms with E-state index < -0.39 is 49.6 Å². The lowest BCUT2D eigenvalue weighted by Crippen LogP contribution is -2.63. The molecule has 0 amide bonds. The number of alkyl halides is 8. The van der Waals surface area contributed by atoms with E-state index in [4.69, 9.17) is 0 Å². The van der Waals surface area contributed by atoms with E-state index in [0.29, 0.717) is 6.61 Å². The predicted molar refractivity (Wildman–Crippen MR) is 60.7 cm³/mol. The van der Waals surface area contributed by atoms with Crippen LogP contribution >= 0.6 is 0 Å². The Morgan fingerprint density at radius 2 is 1.29 bits per heavy atom. The molecule has 4 nitrogen and oxygen atoms in total. The van der Waals surface area contributed by atoms with E-state index in [2.05, 4.69) is 18.9 Å². The second-order valence-electron chi connectivity index (χ2n) is 5.42. The Balaban J connectivity index is 1.96. The van der Waals surface area contributed by atoms with Crippen LogP contribution in [0.15, 0.2) is 0 Å². The van der Waals surface area contributed by atoms with Crippen molar-refractivity contribution in [2.24, 2.45) is 0 Å². The first-order valence-electron chi connectivity index (χ1n) is 6.87. The Morgan fingerprint density at radius 3 is 1.79 bits per heavy atom. The molecule has 2 aliphatic rings. The molecule has 0 aromatic heterocycles. The third-order valence-corrected chi connectivity index (χ3v) is 3.34. The summed E-state index contributed by atoms with van der Waals surface area (Å²) < 4.78 is 124. The van der Waals surface area contributed by atoms with Crippen molar-refractivity contribution in [1.82, 2.24) is 0 Å². The van der Waals surface area contributed by atoms with Gasteiger partial charge in [-0.25, -0.2) is 0 Å². The molecule has 0 radical (unpaired) electrons. The quantitative estimate of drug-likeness (QED) is 0.317. The highest BCUT2D eigenvalue weighted by Gasteiger charge is 2.81. The first kappa shape index (κ1) is 19.6. The normalized spacial score (nSPS) is 25.0. The van der Waals surface area contributed by atoms with Crippen molar-refractivity contribution in [3.8, 4) is 0 Å². The van der Waals surface area contributed by atoms with Gasteiger partial charge in [-0.1, -0.05) is 0 Å². The maximum atomic E-state index is 13.4. The Bertz CT molecular complexity index is 437. The zero-order valence-electron chi connectivity index (χ0n) is 12.1. The molecule has 2 rings (SSSR count). The third kappa shape index (κ3) is 4.09. The fourth-order valence-corrected chi connectivity index (χ4v) is 1.60. The first-order valence-corrected chi connectivity index (χ1v) is 6.87. The average Bonchev–Trinajstić information content (AvgIpc) is 3.35. The van der Waals surface area contributed by atoms with Gasteiger partial charge in [0.1, 0.15) is 12.2 Å². The molecule has 0 aliphatic carbocycles. The molecule has 2 fully saturated rings. The highest BCUT2D eigenvalue weighted by Crippen LogP contribution is 2.54. The van der Waals surface area contributed by atoms with Crippen molar-refractivity contribution < 1.29 is 54.1 Å². The second kappa shape index (κ2) is 6.54. The van der Waals surface area contributed by atoms with Crippen molar-refractivity contribution >= 4 is 0 Å². The van der Waals surface area contributed by atoms with E-state index >= 15 is 0 Å². The van der Waals surface area contributed by atoms with Crippen molar-refractivity contribution in [2.45, 2.75) is 42.5 Å². The first-order chi connectivity index (χ1) is 10.9. The summed E-state index contributed by atoms with van der Waals surface area (Å²) in [5.41, 5.74) is 0. The lowest BCUT2D eigenvalue weighted by Gasteiger charge is -2.36. The van der Waals surface area contributed by atoms with Gasteiger partial charge in [0.25, 0.3) is 0 Å².